The summed E-state index contributed by atoms with van der Waals surface area (Å²) < 4.78 is 30.4. The van der Waals surface area contributed by atoms with Crippen molar-refractivity contribution in [3.8, 4) is 0 Å². The Hall–Kier alpha value is -1.75. The molecule has 0 unspecified atom stereocenters. The van der Waals surface area contributed by atoms with E-state index in [2.05, 4.69) is 10.1 Å². The molecule has 0 aromatic heterocycles. The second-order valence-electron chi connectivity index (χ2n) is 4.11. The standard InChI is InChI=1S/C14H17F2NO2/c1-10(14(18)19-2)3-5-17-6-4-11-7-12(15)9-13(16)8-11/h3,7-9,17H,4-6H2,1-2H3/b10-3+. The van der Waals surface area contributed by atoms with Crippen molar-refractivity contribution < 1.29 is 18.3 Å². The summed E-state index contributed by atoms with van der Waals surface area (Å²) in [6.07, 6.45) is 2.22. The summed E-state index contributed by atoms with van der Waals surface area (Å²) in [4.78, 5) is 11.1. The maximum absolute atomic E-state index is 12.9. The lowest BCUT2D eigenvalue weighted by Gasteiger charge is -2.04. The molecule has 0 heterocycles. The number of carbonyl (C=O) groups excluding carboxylic acids is 1. The van der Waals surface area contributed by atoms with Gasteiger partial charge in [-0.2, -0.15) is 0 Å². The highest BCUT2D eigenvalue weighted by atomic mass is 19.1. The number of nitrogens with one attached hydrogen (secondary N) is 1. The number of ether oxygens (including phenoxy) is 1. The fourth-order valence-electron chi connectivity index (χ4n) is 1.56. The fourth-order valence-corrected chi connectivity index (χ4v) is 1.56. The third-order valence-electron chi connectivity index (χ3n) is 2.57. The molecule has 0 spiro atoms. The highest BCUT2D eigenvalue weighted by molar-refractivity contribution is 5.87. The molecular weight excluding hydrogens is 252 g/mol. The Bertz CT molecular complexity index is 452. The molecule has 0 aliphatic heterocycles. The van der Waals surface area contributed by atoms with Crippen LogP contribution in [0.2, 0.25) is 0 Å². The van der Waals surface area contributed by atoms with Gasteiger partial charge in [0.05, 0.1) is 7.11 Å². The van der Waals surface area contributed by atoms with E-state index in [1.807, 2.05) is 0 Å². The zero-order valence-corrected chi connectivity index (χ0v) is 11.0. The van der Waals surface area contributed by atoms with Crippen molar-refractivity contribution in [3.05, 3.63) is 47.0 Å². The smallest absolute Gasteiger partial charge is 0.333 e. The summed E-state index contributed by atoms with van der Waals surface area (Å²) in [5, 5.41) is 3.05. The molecule has 1 aromatic rings. The number of methoxy groups -OCH3 is 1. The Kier molecular flexibility index (Phi) is 6.15. The van der Waals surface area contributed by atoms with E-state index in [0.717, 1.165) is 6.07 Å². The Morgan fingerprint density at radius 3 is 2.53 bits per heavy atom. The van der Waals surface area contributed by atoms with Gasteiger partial charge in [-0.1, -0.05) is 6.08 Å². The Morgan fingerprint density at radius 2 is 1.95 bits per heavy atom. The van der Waals surface area contributed by atoms with Crippen LogP contribution in [0.25, 0.3) is 0 Å². The van der Waals surface area contributed by atoms with Crippen LogP contribution in [0, 0.1) is 11.6 Å². The monoisotopic (exact) mass is 269 g/mol. The molecule has 0 atom stereocenters. The van der Waals surface area contributed by atoms with Gasteiger partial charge < -0.3 is 10.1 Å². The second kappa shape index (κ2) is 7.63. The predicted molar refractivity (Wildman–Crippen MR) is 68.7 cm³/mol. The summed E-state index contributed by atoms with van der Waals surface area (Å²) in [6, 6.07) is 3.46. The van der Waals surface area contributed by atoms with Crippen molar-refractivity contribution in [2.75, 3.05) is 20.2 Å². The number of hydrogen-bond acceptors (Lipinski definition) is 3. The average molecular weight is 269 g/mol. The van der Waals surface area contributed by atoms with Crippen LogP contribution in [0.15, 0.2) is 29.8 Å². The highest BCUT2D eigenvalue weighted by Crippen LogP contribution is 2.08. The predicted octanol–water partition coefficient (Wildman–Crippen LogP) is 2.22. The largest absolute Gasteiger partial charge is 0.466 e. The number of esters is 1. The molecule has 3 nitrogen and oxygen atoms in total. The normalized spacial score (nSPS) is 11.5. The first kappa shape index (κ1) is 15.3. The number of benzene rings is 1. The van der Waals surface area contributed by atoms with Crippen molar-refractivity contribution in [1.29, 1.82) is 0 Å². The van der Waals surface area contributed by atoms with Crippen molar-refractivity contribution in [3.63, 3.8) is 0 Å². The van der Waals surface area contributed by atoms with Crippen LogP contribution >= 0.6 is 0 Å². The summed E-state index contributed by atoms with van der Waals surface area (Å²) >= 11 is 0. The lowest BCUT2D eigenvalue weighted by atomic mass is 10.1. The molecule has 0 aliphatic rings. The first-order valence-electron chi connectivity index (χ1n) is 5.93. The van der Waals surface area contributed by atoms with Gasteiger partial charge in [-0.25, -0.2) is 13.6 Å². The molecule has 104 valence electrons. The summed E-state index contributed by atoms with van der Waals surface area (Å²) in [7, 11) is 1.32. The maximum Gasteiger partial charge on any atom is 0.333 e. The minimum atomic E-state index is -0.573. The Balaban J connectivity index is 2.33. The van der Waals surface area contributed by atoms with Gasteiger partial charge in [0.1, 0.15) is 11.6 Å². The van der Waals surface area contributed by atoms with Crippen LogP contribution in [0.1, 0.15) is 12.5 Å². The van der Waals surface area contributed by atoms with Crippen LogP contribution in [-0.2, 0) is 16.0 Å². The van der Waals surface area contributed by atoms with Gasteiger partial charge >= 0.3 is 5.97 Å². The number of halogens is 2. The zero-order valence-electron chi connectivity index (χ0n) is 11.0. The summed E-state index contributed by atoms with van der Waals surface area (Å²) in [6.45, 7) is 2.72. The third-order valence-corrected chi connectivity index (χ3v) is 2.57. The molecule has 0 bridgehead atoms. The molecule has 0 saturated carbocycles. The van der Waals surface area contributed by atoms with E-state index < -0.39 is 11.6 Å². The number of carbonyl (C=O) groups is 1. The molecule has 0 amide bonds. The topological polar surface area (TPSA) is 38.3 Å². The second-order valence-corrected chi connectivity index (χ2v) is 4.11. The fraction of sp³-hybridized carbons (Fsp3) is 0.357. The average Bonchev–Trinajstić information content (AvgIpc) is 2.36. The number of rotatable bonds is 6. The van der Waals surface area contributed by atoms with E-state index >= 15 is 0 Å². The molecule has 5 heteroatoms. The van der Waals surface area contributed by atoms with Gasteiger partial charge in [-0.05, 0) is 37.6 Å². The molecule has 0 radical (unpaired) electrons. The van der Waals surface area contributed by atoms with Crippen LogP contribution in [0.3, 0.4) is 0 Å². The lowest BCUT2D eigenvalue weighted by molar-refractivity contribution is -0.136. The van der Waals surface area contributed by atoms with Crippen molar-refractivity contribution >= 4 is 5.97 Å². The van der Waals surface area contributed by atoms with Gasteiger partial charge in [0.15, 0.2) is 0 Å². The molecular formula is C14H17F2NO2. The SMILES string of the molecule is COC(=O)/C(C)=C/CNCCc1cc(F)cc(F)c1. The summed E-state index contributed by atoms with van der Waals surface area (Å²) in [5.74, 6) is -1.51. The molecule has 19 heavy (non-hydrogen) atoms. The first-order valence-corrected chi connectivity index (χ1v) is 5.93. The maximum atomic E-state index is 12.9. The van der Waals surface area contributed by atoms with Crippen LogP contribution in [0.5, 0.6) is 0 Å². The van der Waals surface area contributed by atoms with E-state index in [0.29, 0.717) is 30.6 Å². The van der Waals surface area contributed by atoms with Crippen molar-refractivity contribution in [2.45, 2.75) is 13.3 Å². The minimum absolute atomic E-state index is 0.367. The zero-order chi connectivity index (χ0) is 14.3. The van der Waals surface area contributed by atoms with Crippen LogP contribution in [-0.4, -0.2) is 26.2 Å². The molecule has 0 aliphatic carbocycles. The van der Waals surface area contributed by atoms with Crippen LogP contribution < -0.4 is 5.32 Å². The lowest BCUT2D eigenvalue weighted by Crippen LogP contribution is -2.18. The van der Waals surface area contributed by atoms with Crippen molar-refractivity contribution in [1.82, 2.24) is 5.32 Å². The van der Waals surface area contributed by atoms with E-state index in [-0.39, 0.29) is 5.97 Å². The molecule has 1 rings (SSSR count). The number of hydrogen-bond donors (Lipinski definition) is 1. The Labute approximate surface area is 111 Å². The first-order chi connectivity index (χ1) is 9.02. The van der Waals surface area contributed by atoms with E-state index in [1.54, 1.807) is 13.0 Å². The quantitative estimate of drug-likeness (QED) is 0.489. The Morgan fingerprint density at radius 1 is 1.32 bits per heavy atom. The summed E-state index contributed by atoms with van der Waals surface area (Å²) in [5.41, 5.74) is 1.12. The van der Waals surface area contributed by atoms with Gasteiger partial charge in [-0.3, -0.25) is 0 Å². The molecule has 1 aromatic carbocycles. The van der Waals surface area contributed by atoms with Gasteiger partial charge in [0.25, 0.3) is 0 Å². The molecule has 0 fully saturated rings. The van der Waals surface area contributed by atoms with E-state index in [1.165, 1.54) is 19.2 Å². The van der Waals surface area contributed by atoms with Gasteiger partial charge in [-0.15, -0.1) is 0 Å². The van der Waals surface area contributed by atoms with E-state index in [9.17, 15) is 13.6 Å². The third kappa shape index (κ3) is 5.61. The minimum Gasteiger partial charge on any atom is -0.466 e. The van der Waals surface area contributed by atoms with Crippen LogP contribution in [0.4, 0.5) is 8.78 Å². The van der Waals surface area contributed by atoms with Crippen molar-refractivity contribution in [2.24, 2.45) is 0 Å². The van der Waals surface area contributed by atoms with Gasteiger partial charge in [0.2, 0.25) is 0 Å². The van der Waals surface area contributed by atoms with Gasteiger partial charge in [0, 0.05) is 18.2 Å². The molecule has 1 N–H and O–H groups in total. The highest BCUT2D eigenvalue weighted by Gasteiger charge is 2.02. The van der Waals surface area contributed by atoms with E-state index in [4.69, 9.17) is 0 Å². The molecule has 0 saturated heterocycles.